The van der Waals surface area contributed by atoms with Crippen LogP contribution in [0.2, 0.25) is 0 Å². The average molecular weight is 311 g/mol. The van der Waals surface area contributed by atoms with Crippen molar-refractivity contribution >= 4 is 10.0 Å². The fourth-order valence-corrected chi connectivity index (χ4v) is 4.45. The molecule has 1 heterocycles. The van der Waals surface area contributed by atoms with Crippen molar-refractivity contribution < 1.29 is 8.42 Å². The summed E-state index contributed by atoms with van der Waals surface area (Å²) >= 11 is 0. The molecule has 0 aromatic heterocycles. The maximum Gasteiger partial charge on any atom is 0.243 e. The minimum atomic E-state index is -3.43. The van der Waals surface area contributed by atoms with E-state index in [0.29, 0.717) is 11.4 Å². The van der Waals surface area contributed by atoms with E-state index in [4.69, 9.17) is 5.73 Å². The van der Waals surface area contributed by atoms with Crippen LogP contribution in [0.4, 0.5) is 0 Å². The number of rotatable bonds is 3. The SMILES string of the molecule is CC(N)c1ccc(S(=O)(=O)N2CCCN(C)CC2C)cc1. The molecule has 0 radical (unpaired) electrons. The van der Waals surface area contributed by atoms with Gasteiger partial charge in [0.15, 0.2) is 0 Å². The molecule has 0 bridgehead atoms. The van der Waals surface area contributed by atoms with Gasteiger partial charge in [0.05, 0.1) is 4.90 Å². The van der Waals surface area contributed by atoms with Crippen LogP contribution in [-0.4, -0.2) is 50.3 Å². The summed E-state index contributed by atoms with van der Waals surface area (Å²) in [5.41, 5.74) is 6.75. The summed E-state index contributed by atoms with van der Waals surface area (Å²) in [4.78, 5) is 2.53. The van der Waals surface area contributed by atoms with Gasteiger partial charge < -0.3 is 10.6 Å². The molecule has 0 saturated carbocycles. The molecule has 118 valence electrons. The van der Waals surface area contributed by atoms with Gasteiger partial charge in [-0.05, 0) is 51.6 Å². The summed E-state index contributed by atoms with van der Waals surface area (Å²) < 4.78 is 27.3. The Kier molecular flexibility index (Phi) is 5.03. The van der Waals surface area contributed by atoms with Crippen molar-refractivity contribution in [1.82, 2.24) is 9.21 Å². The normalized spacial score (nSPS) is 23.7. The highest BCUT2D eigenvalue weighted by Crippen LogP contribution is 2.22. The molecule has 0 spiro atoms. The van der Waals surface area contributed by atoms with Crippen molar-refractivity contribution in [2.24, 2.45) is 5.73 Å². The van der Waals surface area contributed by atoms with E-state index in [0.717, 1.165) is 25.1 Å². The third-order valence-electron chi connectivity index (χ3n) is 4.00. The third kappa shape index (κ3) is 3.63. The predicted molar refractivity (Wildman–Crippen MR) is 84.5 cm³/mol. The highest BCUT2D eigenvalue weighted by molar-refractivity contribution is 7.89. The van der Waals surface area contributed by atoms with Crippen LogP contribution < -0.4 is 5.73 Å². The van der Waals surface area contributed by atoms with Crippen molar-refractivity contribution in [2.75, 3.05) is 26.7 Å². The Bertz CT molecular complexity index is 569. The summed E-state index contributed by atoms with van der Waals surface area (Å²) in [5, 5.41) is 0. The topological polar surface area (TPSA) is 66.6 Å². The minimum absolute atomic E-state index is 0.0180. The summed E-state index contributed by atoms with van der Waals surface area (Å²) in [5.74, 6) is 0. The number of nitrogens with two attached hydrogens (primary N) is 1. The van der Waals surface area contributed by atoms with Gasteiger partial charge in [0.25, 0.3) is 0 Å². The van der Waals surface area contributed by atoms with Gasteiger partial charge in [0.1, 0.15) is 0 Å². The molecule has 1 fully saturated rings. The number of nitrogens with zero attached hydrogens (tertiary/aromatic N) is 2. The summed E-state index contributed by atoms with van der Waals surface area (Å²) in [6.07, 6.45) is 0.859. The first kappa shape index (κ1) is 16.4. The molecule has 1 aliphatic rings. The van der Waals surface area contributed by atoms with Gasteiger partial charge in [-0.15, -0.1) is 0 Å². The van der Waals surface area contributed by atoms with E-state index in [9.17, 15) is 8.42 Å². The molecule has 2 N–H and O–H groups in total. The molecular formula is C15H25N3O2S. The van der Waals surface area contributed by atoms with Crippen LogP contribution in [0.15, 0.2) is 29.2 Å². The van der Waals surface area contributed by atoms with Crippen LogP contribution in [0.5, 0.6) is 0 Å². The van der Waals surface area contributed by atoms with Gasteiger partial charge in [-0.25, -0.2) is 8.42 Å². The second-order valence-electron chi connectivity index (χ2n) is 5.94. The smallest absolute Gasteiger partial charge is 0.243 e. The zero-order valence-corrected chi connectivity index (χ0v) is 13.8. The Morgan fingerprint density at radius 1 is 1.24 bits per heavy atom. The Hall–Kier alpha value is -0.950. The van der Waals surface area contributed by atoms with E-state index in [1.807, 2.05) is 20.9 Å². The molecular weight excluding hydrogens is 286 g/mol. The zero-order valence-electron chi connectivity index (χ0n) is 13.0. The Labute approximate surface area is 127 Å². The second kappa shape index (κ2) is 6.44. The molecule has 5 nitrogen and oxygen atoms in total. The third-order valence-corrected chi connectivity index (χ3v) is 6.03. The fraction of sp³-hybridized carbons (Fsp3) is 0.600. The molecule has 2 atom stereocenters. The van der Waals surface area contributed by atoms with Gasteiger partial charge in [0.2, 0.25) is 10.0 Å². The number of sulfonamides is 1. The molecule has 2 rings (SSSR count). The number of hydrogen-bond donors (Lipinski definition) is 1. The van der Waals surface area contributed by atoms with Crippen LogP contribution in [0.25, 0.3) is 0 Å². The van der Waals surface area contributed by atoms with E-state index < -0.39 is 10.0 Å². The van der Waals surface area contributed by atoms with E-state index in [-0.39, 0.29) is 12.1 Å². The van der Waals surface area contributed by atoms with Crippen molar-refractivity contribution in [3.63, 3.8) is 0 Å². The molecule has 0 amide bonds. The van der Waals surface area contributed by atoms with Gasteiger partial charge in [-0.2, -0.15) is 4.31 Å². The minimum Gasteiger partial charge on any atom is -0.324 e. The molecule has 1 saturated heterocycles. The Morgan fingerprint density at radius 2 is 1.86 bits per heavy atom. The number of hydrogen-bond acceptors (Lipinski definition) is 4. The standard InChI is InChI=1S/C15H25N3O2S/c1-12-11-17(3)9-4-10-18(12)21(19,20)15-7-5-14(6-8-15)13(2)16/h5-8,12-13H,4,9-11,16H2,1-3H3. The van der Waals surface area contributed by atoms with Gasteiger partial charge in [-0.1, -0.05) is 12.1 Å². The first-order valence-electron chi connectivity index (χ1n) is 7.38. The van der Waals surface area contributed by atoms with Crippen molar-refractivity contribution in [1.29, 1.82) is 0 Å². The molecule has 1 aromatic rings. The Morgan fingerprint density at radius 3 is 2.43 bits per heavy atom. The summed E-state index contributed by atoms with van der Waals surface area (Å²) in [6, 6.07) is 6.81. The molecule has 1 aliphatic heterocycles. The van der Waals surface area contributed by atoms with Crippen LogP contribution in [0, 0.1) is 0 Å². The van der Waals surface area contributed by atoms with Crippen LogP contribution in [-0.2, 0) is 10.0 Å². The maximum atomic E-state index is 12.8. The quantitative estimate of drug-likeness (QED) is 0.917. The maximum absolute atomic E-state index is 12.8. The van der Waals surface area contributed by atoms with Gasteiger partial charge in [0, 0.05) is 25.2 Å². The van der Waals surface area contributed by atoms with Crippen molar-refractivity contribution in [3.05, 3.63) is 29.8 Å². The average Bonchev–Trinajstić information content (AvgIpc) is 2.59. The molecule has 21 heavy (non-hydrogen) atoms. The van der Waals surface area contributed by atoms with E-state index in [1.165, 1.54) is 0 Å². The first-order valence-corrected chi connectivity index (χ1v) is 8.82. The molecule has 0 aliphatic carbocycles. The van der Waals surface area contributed by atoms with Crippen molar-refractivity contribution in [3.8, 4) is 0 Å². The second-order valence-corrected chi connectivity index (χ2v) is 7.83. The first-order chi connectivity index (χ1) is 9.82. The molecule has 1 aromatic carbocycles. The van der Waals surface area contributed by atoms with E-state index >= 15 is 0 Å². The van der Waals surface area contributed by atoms with E-state index in [1.54, 1.807) is 28.6 Å². The lowest BCUT2D eigenvalue weighted by atomic mass is 10.1. The lowest BCUT2D eigenvalue weighted by Gasteiger charge is -2.27. The van der Waals surface area contributed by atoms with Crippen LogP contribution >= 0.6 is 0 Å². The number of likely N-dealkylation sites (N-methyl/N-ethyl adjacent to an activating group) is 1. The van der Waals surface area contributed by atoms with Crippen LogP contribution in [0.1, 0.15) is 31.9 Å². The largest absolute Gasteiger partial charge is 0.324 e. The number of benzene rings is 1. The van der Waals surface area contributed by atoms with E-state index in [2.05, 4.69) is 4.90 Å². The van der Waals surface area contributed by atoms with Gasteiger partial charge in [-0.3, -0.25) is 0 Å². The monoisotopic (exact) mass is 311 g/mol. The highest BCUT2D eigenvalue weighted by Gasteiger charge is 2.31. The highest BCUT2D eigenvalue weighted by atomic mass is 32.2. The summed E-state index contributed by atoms with van der Waals surface area (Å²) in [6.45, 7) is 6.12. The van der Waals surface area contributed by atoms with Crippen molar-refractivity contribution in [2.45, 2.75) is 37.2 Å². The molecule has 6 heteroatoms. The van der Waals surface area contributed by atoms with Gasteiger partial charge >= 0.3 is 0 Å². The lowest BCUT2D eigenvalue weighted by molar-refractivity contribution is 0.290. The predicted octanol–water partition coefficient (Wildman–Crippen LogP) is 1.42. The zero-order chi connectivity index (χ0) is 15.6. The fourth-order valence-electron chi connectivity index (χ4n) is 2.79. The van der Waals surface area contributed by atoms with Crippen LogP contribution in [0.3, 0.4) is 0 Å². The molecule has 2 unspecified atom stereocenters. The Balaban J connectivity index is 2.28. The summed E-state index contributed by atoms with van der Waals surface area (Å²) in [7, 11) is -1.40. The lowest BCUT2D eigenvalue weighted by Crippen LogP contribution is -2.41.